The Morgan fingerprint density at radius 1 is 1.15 bits per heavy atom. The Hall–Kier alpha value is -2.06. The summed E-state index contributed by atoms with van der Waals surface area (Å²) in [6.07, 6.45) is 2.13. The average molecular weight is 284 g/mol. The van der Waals surface area contributed by atoms with E-state index in [1.165, 1.54) is 5.56 Å². The van der Waals surface area contributed by atoms with E-state index < -0.39 is 0 Å². The van der Waals surface area contributed by atoms with Gasteiger partial charge in [0, 0.05) is 29.1 Å². The van der Waals surface area contributed by atoms with Crippen molar-refractivity contribution in [2.75, 3.05) is 0 Å². The van der Waals surface area contributed by atoms with Crippen molar-refractivity contribution in [3.8, 4) is 0 Å². The molecule has 0 saturated carbocycles. The molecule has 0 unspecified atom stereocenters. The molecule has 3 rings (SSSR count). The van der Waals surface area contributed by atoms with Crippen LogP contribution in [0.25, 0.3) is 10.9 Å². The van der Waals surface area contributed by atoms with E-state index in [0.717, 1.165) is 16.5 Å². The maximum Gasteiger partial charge on any atom is 0.169 e. The standard InChI is InChI=1S/C17H14ClNO/c1-11-5-7-12(8-6-11)9-16(20)13-10-19-15-4-2-3-14(18)17(13)15/h2-8,10,19H,9H2,1H3. The first-order chi connectivity index (χ1) is 9.65. The Morgan fingerprint density at radius 2 is 1.90 bits per heavy atom. The third-order valence-electron chi connectivity index (χ3n) is 3.44. The monoisotopic (exact) mass is 283 g/mol. The SMILES string of the molecule is Cc1ccc(CC(=O)c2c[nH]c3cccc(Cl)c23)cc1. The molecule has 0 spiro atoms. The van der Waals surface area contributed by atoms with Crippen LogP contribution < -0.4 is 0 Å². The second-order valence-electron chi connectivity index (χ2n) is 4.95. The van der Waals surface area contributed by atoms with Crippen molar-refractivity contribution >= 4 is 28.3 Å². The maximum absolute atomic E-state index is 12.4. The number of rotatable bonds is 3. The molecular formula is C17H14ClNO. The molecule has 1 heterocycles. The van der Waals surface area contributed by atoms with E-state index in [1.807, 2.05) is 43.3 Å². The molecule has 0 aliphatic rings. The predicted molar refractivity (Wildman–Crippen MR) is 82.5 cm³/mol. The number of Topliss-reactive ketones (excluding diaryl/α,β-unsaturated/α-hetero) is 1. The van der Waals surface area contributed by atoms with Gasteiger partial charge in [-0.25, -0.2) is 0 Å². The van der Waals surface area contributed by atoms with Crippen molar-refractivity contribution in [2.24, 2.45) is 0 Å². The molecule has 0 atom stereocenters. The Bertz CT molecular complexity index is 771. The number of aryl methyl sites for hydroxylation is 1. The van der Waals surface area contributed by atoms with Gasteiger partial charge in [0.05, 0.1) is 5.02 Å². The highest BCUT2D eigenvalue weighted by Gasteiger charge is 2.14. The van der Waals surface area contributed by atoms with Crippen molar-refractivity contribution in [3.63, 3.8) is 0 Å². The second kappa shape index (κ2) is 5.14. The van der Waals surface area contributed by atoms with Crippen molar-refractivity contribution in [1.82, 2.24) is 4.98 Å². The third kappa shape index (κ3) is 2.35. The van der Waals surface area contributed by atoms with Crippen molar-refractivity contribution in [3.05, 3.63) is 70.4 Å². The van der Waals surface area contributed by atoms with E-state index in [4.69, 9.17) is 11.6 Å². The van der Waals surface area contributed by atoms with Crippen LogP contribution in [0.1, 0.15) is 21.5 Å². The summed E-state index contributed by atoms with van der Waals surface area (Å²) in [5, 5.41) is 1.42. The van der Waals surface area contributed by atoms with E-state index in [-0.39, 0.29) is 5.78 Å². The van der Waals surface area contributed by atoms with Gasteiger partial charge in [-0.15, -0.1) is 0 Å². The minimum atomic E-state index is 0.0770. The number of hydrogen-bond donors (Lipinski definition) is 1. The van der Waals surface area contributed by atoms with Gasteiger partial charge in [0.1, 0.15) is 0 Å². The molecule has 2 aromatic carbocycles. The molecular weight excluding hydrogens is 270 g/mol. The first kappa shape index (κ1) is 12.9. The minimum absolute atomic E-state index is 0.0770. The summed E-state index contributed by atoms with van der Waals surface area (Å²) in [4.78, 5) is 15.5. The number of ketones is 1. The van der Waals surface area contributed by atoms with E-state index in [0.29, 0.717) is 17.0 Å². The zero-order valence-electron chi connectivity index (χ0n) is 11.1. The first-order valence-corrected chi connectivity index (χ1v) is 6.87. The number of aromatic amines is 1. The molecule has 100 valence electrons. The van der Waals surface area contributed by atoms with Gasteiger partial charge in [0.2, 0.25) is 0 Å². The lowest BCUT2D eigenvalue weighted by Crippen LogP contribution is -2.02. The molecule has 0 saturated heterocycles. The van der Waals surface area contributed by atoms with Crippen molar-refractivity contribution < 1.29 is 4.79 Å². The molecule has 3 heteroatoms. The summed E-state index contributed by atoms with van der Waals surface area (Å²) in [6.45, 7) is 2.03. The molecule has 0 fully saturated rings. The van der Waals surface area contributed by atoms with Gasteiger partial charge < -0.3 is 4.98 Å². The number of aromatic nitrogens is 1. The number of carbonyl (C=O) groups is 1. The fourth-order valence-corrected chi connectivity index (χ4v) is 2.62. The molecule has 20 heavy (non-hydrogen) atoms. The van der Waals surface area contributed by atoms with Gasteiger partial charge in [0.25, 0.3) is 0 Å². The molecule has 3 aromatic rings. The van der Waals surface area contributed by atoms with E-state index in [1.54, 1.807) is 12.3 Å². The molecule has 0 aliphatic heterocycles. The maximum atomic E-state index is 12.4. The molecule has 0 bridgehead atoms. The van der Waals surface area contributed by atoms with Gasteiger partial charge in [-0.1, -0.05) is 47.5 Å². The molecule has 1 N–H and O–H groups in total. The largest absolute Gasteiger partial charge is 0.360 e. The minimum Gasteiger partial charge on any atom is -0.360 e. The zero-order chi connectivity index (χ0) is 14.1. The molecule has 0 aliphatic carbocycles. The van der Waals surface area contributed by atoms with Crippen LogP contribution in [0.15, 0.2) is 48.7 Å². The number of benzene rings is 2. The Balaban J connectivity index is 1.95. The summed E-state index contributed by atoms with van der Waals surface area (Å²) in [6, 6.07) is 13.6. The van der Waals surface area contributed by atoms with E-state index in [2.05, 4.69) is 4.98 Å². The molecule has 0 amide bonds. The molecule has 0 radical (unpaired) electrons. The first-order valence-electron chi connectivity index (χ1n) is 6.49. The molecule has 1 aromatic heterocycles. The highest BCUT2D eigenvalue weighted by molar-refractivity contribution is 6.36. The lowest BCUT2D eigenvalue weighted by molar-refractivity contribution is 0.0994. The summed E-state index contributed by atoms with van der Waals surface area (Å²) in [5.41, 5.74) is 3.76. The Morgan fingerprint density at radius 3 is 2.65 bits per heavy atom. The lowest BCUT2D eigenvalue weighted by Gasteiger charge is -2.02. The number of halogens is 1. The van der Waals surface area contributed by atoms with Crippen molar-refractivity contribution in [2.45, 2.75) is 13.3 Å². The highest BCUT2D eigenvalue weighted by Crippen LogP contribution is 2.27. The van der Waals surface area contributed by atoms with Crippen LogP contribution >= 0.6 is 11.6 Å². The Labute approximate surface area is 122 Å². The van der Waals surface area contributed by atoms with Gasteiger partial charge in [-0.2, -0.15) is 0 Å². The van der Waals surface area contributed by atoms with Gasteiger partial charge in [-0.3, -0.25) is 4.79 Å². The normalized spacial score (nSPS) is 10.9. The van der Waals surface area contributed by atoms with E-state index in [9.17, 15) is 4.79 Å². The van der Waals surface area contributed by atoms with Crippen LogP contribution in [0.3, 0.4) is 0 Å². The van der Waals surface area contributed by atoms with Crippen LogP contribution in [0.4, 0.5) is 0 Å². The summed E-state index contributed by atoms with van der Waals surface area (Å²) in [5.74, 6) is 0.0770. The van der Waals surface area contributed by atoms with Crippen molar-refractivity contribution in [1.29, 1.82) is 0 Å². The van der Waals surface area contributed by atoms with Gasteiger partial charge >= 0.3 is 0 Å². The third-order valence-corrected chi connectivity index (χ3v) is 3.76. The topological polar surface area (TPSA) is 32.9 Å². The highest BCUT2D eigenvalue weighted by atomic mass is 35.5. The van der Waals surface area contributed by atoms with E-state index >= 15 is 0 Å². The quantitative estimate of drug-likeness (QED) is 0.703. The smallest absolute Gasteiger partial charge is 0.169 e. The van der Waals surface area contributed by atoms with Crippen LogP contribution in [-0.2, 0) is 6.42 Å². The number of fused-ring (bicyclic) bond motifs is 1. The van der Waals surface area contributed by atoms with Crippen LogP contribution in [0.2, 0.25) is 5.02 Å². The zero-order valence-corrected chi connectivity index (χ0v) is 11.9. The predicted octanol–water partition coefficient (Wildman–Crippen LogP) is 4.56. The summed E-state index contributed by atoms with van der Waals surface area (Å²) < 4.78 is 0. The number of carbonyl (C=O) groups excluding carboxylic acids is 1. The number of nitrogens with one attached hydrogen (secondary N) is 1. The van der Waals surface area contributed by atoms with Gasteiger partial charge in [-0.05, 0) is 24.6 Å². The van der Waals surface area contributed by atoms with Crippen LogP contribution in [-0.4, -0.2) is 10.8 Å². The fourth-order valence-electron chi connectivity index (χ4n) is 2.35. The average Bonchev–Trinajstić information content (AvgIpc) is 2.87. The van der Waals surface area contributed by atoms with Crippen LogP contribution in [0.5, 0.6) is 0 Å². The van der Waals surface area contributed by atoms with Gasteiger partial charge in [0.15, 0.2) is 5.78 Å². The summed E-state index contributed by atoms with van der Waals surface area (Å²) >= 11 is 6.20. The number of hydrogen-bond acceptors (Lipinski definition) is 1. The molecule has 2 nitrogen and oxygen atoms in total. The lowest BCUT2D eigenvalue weighted by atomic mass is 10.0. The fraction of sp³-hybridized carbons (Fsp3) is 0.118. The number of H-pyrrole nitrogens is 1. The Kier molecular flexibility index (Phi) is 3.33. The summed E-state index contributed by atoms with van der Waals surface area (Å²) in [7, 11) is 0. The van der Waals surface area contributed by atoms with Crippen LogP contribution in [0, 0.1) is 6.92 Å². The second-order valence-corrected chi connectivity index (χ2v) is 5.36.